The first-order valence-electron chi connectivity index (χ1n) is 8.34. The van der Waals surface area contributed by atoms with Gasteiger partial charge in [-0.3, -0.25) is 4.79 Å². The van der Waals surface area contributed by atoms with Gasteiger partial charge in [0.25, 0.3) is 5.91 Å². The number of carbonyl (C=O) groups is 2. The van der Waals surface area contributed by atoms with Gasteiger partial charge in [0.05, 0.1) is 11.1 Å². The Kier molecular flexibility index (Phi) is 5.00. The van der Waals surface area contributed by atoms with Crippen molar-refractivity contribution in [1.29, 1.82) is 0 Å². The van der Waals surface area contributed by atoms with Crippen LogP contribution in [0.1, 0.15) is 36.8 Å². The highest BCUT2D eigenvalue weighted by Crippen LogP contribution is 2.28. The van der Waals surface area contributed by atoms with Gasteiger partial charge in [0.1, 0.15) is 17.2 Å². The highest BCUT2D eigenvalue weighted by molar-refractivity contribution is 7.98. The highest BCUT2D eigenvalue weighted by atomic mass is 32.2. The minimum absolute atomic E-state index is 0.00680. The van der Waals surface area contributed by atoms with E-state index in [1.54, 1.807) is 13.0 Å². The van der Waals surface area contributed by atoms with Crippen LogP contribution in [0.4, 0.5) is 0 Å². The van der Waals surface area contributed by atoms with E-state index in [2.05, 4.69) is 15.3 Å². The van der Waals surface area contributed by atoms with Crippen molar-refractivity contribution in [3.63, 3.8) is 0 Å². The maximum absolute atomic E-state index is 12.6. The van der Waals surface area contributed by atoms with Crippen LogP contribution < -0.4 is 5.32 Å². The van der Waals surface area contributed by atoms with E-state index in [1.165, 1.54) is 11.8 Å². The van der Waals surface area contributed by atoms with E-state index in [-0.39, 0.29) is 17.8 Å². The first kappa shape index (κ1) is 18.4. The van der Waals surface area contributed by atoms with Crippen molar-refractivity contribution in [1.82, 2.24) is 10.3 Å². The third-order valence-electron chi connectivity index (χ3n) is 4.64. The van der Waals surface area contributed by atoms with Gasteiger partial charge in [0, 0.05) is 5.39 Å². The summed E-state index contributed by atoms with van der Waals surface area (Å²) < 4.78 is 5.27. The van der Waals surface area contributed by atoms with Crippen LogP contribution in [0.2, 0.25) is 0 Å². The number of para-hydroxylation sites is 1. The number of aromatic nitrogens is 1. The van der Waals surface area contributed by atoms with Crippen LogP contribution in [0, 0.1) is 5.92 Å². The van der Waals surface area contributed by atoms with E-state index in [1.807, 2.05) is 44.4 Å². The molecule has 136 valence electrons. The summed E-state index contributed by atoms with van der Waals surface area (Å²) in [5.41, 5.74) is 0.472. The number of fused-ring (bicyclic) bond motifs is 1. The molecule has 26 heavy (non-hydrogen) atoms. The van der Waals surface area contributed by atoms with Crippen molar-refractivity contribution in [2.75, 3.05) is 12.2 Å². The summed E-state index contributed by atoms with van der Waals surface area (Å²) in [6.45, 7) is 5.66. The van der Waals surface area contributed by atoms with Crippen LogP contribution in [0.25, 0.3) is 10.9 Å². The molecule has 0 radical (unpaired) electrons. The number of amidine groups is 1. The van der Waals surface area contributed by atoms with Crippen molar-refractivity contribution in [2.45, 2.75) is 26.3 Å². The maximum Gasteiger partial charge on any atom is 0.341 e. The third-order valence-corrected chi connectivity index (χ3v) is 4.99. The lowest BCUT2D eigenvalue weighted by Crippen LogP contribution is -2.41. The van der Waals surface area contributed by atoms with Gasteiger partial charge in [-0.1, -0.05) is 32.0 Å². The first-order chi connectivity index (χ1) is 12.4. The predicted octanol–water partition coefficient (Wildman–Crippen LogP) is 3.00. The Balaban J connectivity index is 2.15. The Hall–Kier alpha value is -2.41. The molecule has 0 spiro atoms. The Morgan fingerprint density at radius 2 is 2.08 bits per heavy atom. The standard InChI is InChI=1S/C19H21N3O3S/c1-11(2)19(3)18(24)21-16(22-19)15-13(17(23)25-10-26-4)9-12-7-5-6-8-14(12)20-15/h5-9,11H,10H2,1-4H3,(H,21,22,24). The predicted molar refractivity (Wildman–Crippen MR) is 103 cm³/mol. The summed E-state index contributed by atoms with van der Waals surface area (Å²) in [6, 6.07) is 9.23. The van der Waals surface area contributed by atoms with E-state index in [4.69, 9.17) is 4.74 Å². The molecule has 1 atom stereocenters. The van der Waals surface area contributed by atoms with Crippen LogP contribution in [0.15, 0.2) is 35.3 Å². The number of nitrogens with one attached hydrogen (secondary N) is 1. The molecule has 0 saturated carbocycles. The fraction of sp³-hybridized carbons (Fsp3) is 0.368. The lowest BCUT2D eigenvalue weighted by Gasteiger charge is -2.21. The normalized spacial score (nSPS) is 19.6. The van der Waals surface area contributed by atoms with E-state index in [0.717, 1.165) is 10.9 Å². The summed E-state index contributed by atoms with van der Waals surface area (Å²) in [7, 11) is 0. The van der Waals surface area contributed by atoms with Gasteiger partial charge < -0.3 is 10.1 Å². The van der Waals surface area contributed by atoms with Crippen LogP contribution in [0.3, 0.4) is 0 Å². The van der Waals surface area contributed by atoms with Gasteiger partial charge in [-0.15, -0.1) is 11.8 Å². The largest absolute Gasteiger partial charge is 0.451 e. The number of thioether (sulfide) groups is 1. The average Bonchev–Trinajstić information content (AvgIpc) is 2.94. The number of esters is 1. The topological polar surface area (TPSA) is 80.7 Å². The lowest BCUT2D eigenvalue weighted by molar-refractivity contribution is -0.124. The average molecular weight is 371 g/mol. The Bertz CT molecular complexity index is 910. The summed E-state index contributed by atoms with van der Waals surface area (Å²) >= 11 is 1.41. The molecule has 0 fully saturated rings. The molecule has 6 nitrogen and oxygen atoms in total. The number of nitrogens with zero attached hydrogens (tertiary/aromatic N) is 2. The zero-order valence-electron chi connectivity index (χ0n) is 15.2. The summed E-state index contributed by atoms with van der Waals surface area (Å²) in [5.74, 6) is -0.114. The zero-order valence-corrected chi connectivity index (χ0v) is 16.0. The molecule has 0 saturated heterocycles. The monoisotopic (exact) mass is 371 g/mol. The zero-order chi connectivity index (χ0) is 18.9. The quantitative estimate of drug-likeness (QED) is 0.645. The Morgan fingerprint density at radius 1 is 1.35 bits per heavy atom. The number of aliphatic imine (C=N–C) groups is 1. The number of hydrogen-bond donors (Lipinski definition) is 1. The molecule has 1 aliphatic heterocycles. The fourth-order valence-corrected chi connectivity index (χ4v) is 2.92. The Labute approximate surface area is 156 Å². The molecule has 0 bridgehead atoms. The van der Waals surface area contributed by atoms with Crippen molar-refractivity contribution < 1.29 is 14.3 Å². The molecule has 3 rings (SSSR count). The van der Waals surface area contributed by atoms with E-state index < -0.39 is 11.5 Å². The molecule has 1 amide bonds. The van der Waals surface area contributed by atoms with Crippen molar-refractivity contribution in [3.05, 3.63) is 41.6 Å². The van der Waals surface area contributed by atoms with Crippen LogP contribution >= 0.6 is 11.8 Å². The molecule has 1 aliphatic rings. The number of amides is 1. The second kappa shape index (κ2) is 7.07. The minimum atomic E-state index is -0.886. The van der Waals surface area contributed by atoms with Crippen molar-refractivity contribution in [3.8, 4) is 0 Å². The lowest BCUT2D eigenvalue weighted by atomic mass is 9.89. The molecule has 1 N–H and O–H groups in total. The van der Waals surface area contributed by atoms with Gasteiger partial charge in [-0.05, 0) is 31.2 Å². The number of benzene rings is 1. The van der Waals surface area contributed by atoms with Crippen molar-refractivity contribution >= 4 is 40.4 Å². The molecular weight excluding hydrogens is 350 g/mol. The number of rotatable bonds is 5. The molecule has 1 aromatic carbocycles. The smallest absolute Gasteiger partial charge is 0.341 e. The van der Waals surface area contributed by atoms with Gasteiger partial charge in [0.15, 0.2) is 5.84 Å². The first-order valence-corrected chi connectivity index (χ1v) is 9.73. The SMILES string of the molecule is CSCOC(=O)c1cc2ccccc2nc1C1=NC(C)(C(C)C)C(=O)N1. The summed E-state index contributed by atoms with van der Waals surface area (Å²) in [6.07, 6.45) is 1.85. The molecule has 0 aliphatic carbocycles. The number of ether oxygens (including phenoxy) is 1. The van der Waals surface area contributed by atoms with E-state index in [0.29, 0.717) is 17.1 Å². The second-order valence-electron chi connectivity index (χ2n) is 6.63. The van der Waals surface area contributed by atoms with Crippen molar-refractivity contribution in [2.24, 2.45) is 10.9 Å². The minimum Gasteiger partial charge on any atom is -0.451 e. The van der Waals surface area contributed by atoms with Gasteiger partial charge in [-0.25, -0.2) is 14.8 Å². The maximum atomic E-state index is 12.6. The fourth-order valence-electron chi connectivity index (χ4n) is 2.69. The third kappa shape index (κ3) is 3.19. The molecule has 2 aromatic rings. The summed E-state index contributed by atoms with van der Waals surface area (Å²) in [4.78, 5) is 34.2. The molecule has 1 unspecified atom stereocenters. The van der Waals surface area contributed by atoms with Gasteiger partial charge >= 0.3 is 5.97 Å². The molecular formula is C19H21N3O3S. The van der Waals surface area contributed by atoms with Crippen LogP contribution in [0.5, 0.6) is 0 Å². The Morgan fingerprint density at radius 3 is 2.73 bits per heavy atom. The van der Waals surface area contributed by atoms with Gasteiger partial charge in [0.2, 0.25) is 0 Å². The van der Waals surface area contributed by atoms with Crippen LogP contribution in [-0.4, -0.2) is 40.4 Å². The van der Waals surface area contributed by atoms with Crippen LogP contribution in [-0.2, 0) is 9.53 Å². The van der Waals surface area contributed by atoms with E-state index in [9.17, 15) is 9.59 Å². The van der Waals surface area contributed by atoms with E-state index >= 15 is 0 Å². The number of hydrogen-bond acceptors (Lipinski definition) is 6. The summed E-state index contributed by atoms with van der Waals surface area (Å²) in [5, 5.41) is 3.62. The second-order valence-corrected chi connectivity index (χ2v) is 7.45. The number of pyridine rings is 1. The van der Waals surface area contributed by atoms with Gasteiger partial charge in [-0.2, -0.15) is 0 Å². The number of carbonyl (C=O) groups excluding carboxylic acids is 2. The highest BCUT2D eigenvalue weighted by Gasteiger charge is 2.43. The molecule has 7 heteroatoms. The molecule has 2 heterocycles. The molecule has 1 aromatic heterocycles.